The van der Waals surface area contributed by atoms with Gasteiger partial charge >= 0.3 is 0 Å². The molecule has 0 aromatic heterocycles. The number of rotatable bonds is 8. The Morgan fingerprint density at radius 1 is 1.09 bits per heavy atom. The van der Waals surface area contributed by atoms with Crippen molar-refractivity contribution < 1.29 is 4.74 Å². The average Bonchev–Trinajstić information content (AvgIpc) is 2.52. The van der Waals surface area contributed by atoms with Crippen LogP contribution < -0.4 is 4.74 Å². The molecule has 4 heteroatoms. The van der Waals surface area contributed by atoms with Crippen molar-refractivity contribution in [2.75, 3.05) is 13.1 Å². The normalized spacial score (nSPS) is 19.3. The predicted octanol–water partition coefficient (Wildman–Crippen LogP) is 6.15. The van der Waals surface area contributed by atoms with E-state index in [2.05, 4.69) is 11.8 Å². The van der Waals surface area contributed by atoms with Gasteiger partial charge in [-0.1, -0.05) is 55.8 Å². The fraction of sp³-hybridized carbons (Fsp3) is 0.667. The lowest BCUT2D eigenvalue weighted by Gasteiger charge is -2.35. The molecule has 1 unspecified atom stereocenters. The number of ether oxygens (including phenoxy) is 1. The number of halogens is 2. The van der Waals surface area contributed by atoms with Crippen LogP contribution >= 0.6 is 23.2 Å². The Labute approximate surface area is 144 Å². The lowest BCUT2D eigenvalue weighted by atomic mass is 10.1. The van der Waals surface area contributed by atoms with Gasteiger partial charge in [0.2, 0.25) is 0 Å². The summed E-state index contributed by atoms with van der Waals surface area (Å²) in [6.45, 7) is 4.53. The molecule has 0 spiro atoms. The average molecular weight is 344 g/mol. The molecule has 1 heterocycles. The highest BCUT2D eigenvalue weighted by Crippen LogP contribution is 2.29. The SMILES string of the molecule is CCCCCCCN1CCCCC1Oc1ccc(Cl)c(Cl)c1. The first-order valence-corrected chi connectivity index (χ1v) is 9.32. The second-order valence-corrected chi connectivity index (χ2v) is 6.91. The second kappa shape index (κ2) is 9.64. The molecule has 22 heavy (non-hydrogen) atoms. The molecule has 1 saturated heterocycles. The van der Waals surface area contributed by atoms with Crippen LogP contribution in [0.25, 0.3) is 0 Å². The Balaban J connectivity index is 1.84. The van der Waals surface area contributed by atoms with Gasteiger partial charge in [-0.15, -0.1) is 0 Å². The fourth-order valence-electron chi connectivity index (χ4n) is 2.98. The molecule has 0 aliphatic carbocycles. The summed E-state index contributed by atoms with van der Waals surface area (Å²) in [5.41, 5.74) is 0. The van der Waals surface area contributed by atoms with E-state index in [0.717, 1.165) is 25.3 Å². The van der Waals surface area contributed by atoms with Crippen LogP contribution in [-0.2, 0) is 0 Å². The summed E-state index contributed by atoms with van der Waals surface area (Å²) in [7, 11) is 0. The van der Waals surface area contributed by atoms with Crippen molar-refractivity contribution in [3.8, 4) is 5.75 Å². The van der Waals surface area contributed by atoms with E-state index >= 15 is 0 Å². The van der Waals surface area contributed by atoms with Crippen LogP contribution in [0.5, 0.6) is 5.75 Å². The molecule has 1 aliphatic rings. The molecule has 1 atom stereocenters. The number of likely N-dealkylation sites (tertiary alicyclic amines) is 1. The minimum atomic E-state index is 0.178. The maximum absolute atomic E-state index is 6.16. The van der Waals surface area contributed by atoms with E-state index in [4.69, 9.17) is 27.9 Å². The molecular formula is C18H27Cl2NO. The number of unbranched alkanes of at least 4 members (excludes halogenated alkanes) is 4. The zero-order valence-corrected chi connectivity index (χ0v) is 15.0. The van der Waals surface area contributed by atoms with Crippen LogP contribution in [0.1, 0.15) is 58.3 Å². The third-order valence-corrected chi connectivity index (χ3v) is 5.00. The van der Waals surface area contributed by atoms with Crippen LogP contribution in [0.3, 0.4) is 0 Å². The van der Waals surface area contributed by atoms with E-state index in [9.17, 15) is 0 Å². The Kier molecular flexibility index (Phi) is 7.85. The van der Waals surface area contributed by atoms with Gasteiger partial charge in [0, 0.05) is 19.2 Å². The Morgan fingerprint density at radius 3 is 2.68 bits per heavy atom. The van der Waals surface area contributed by atoms with Crippen LogP contribution in [0.4, 0.5) is 0 Å². The zero-order chi connectivity index (χ0) is 15.8. The highest BCUT2D eigenvalue weighted by molar-refractivity contribution is 6.42. The van der Waals surface area contributed by atoms with E-state index in [1.165, 1.54) is 44.9 Å². The first-order valence-electron chi connectivity index (χ1n) is 8.56. The quantitative estimate of drug-likeness (QED) is 0.524. The van der Waals surface area contributed by atoms with Crippen molar-refractivity contribution >= 4 is 23.2 Å². The first kappa shape index (κ1) is 17.9. The fourth-order valence-corrected chi connectivity index (χ4v) is 3.26. The van der Waals surface area contributed by atoms with Crippen LogP contribution in [0, 0.1) is 0 Å². The third-order valence-electron chi connectivity index (χ3n) is 4.27. The topological polar surface area (TPSA) is 12.5 Å². The smallest absolute Gasteiger partial charge is 0.152 e. The molecule has 0 radical (unpaired) electrons. The van der Waals surface area contributed by atoms with Crippen molar-refractivity contribution in [2.45, 2.75) is 64.5 Å². The summed E-state index contributed by atoms with van der Waals surface area (Å²) in [4.78, 5) is 2.48. The van der Waals surface area contributed by atoms with E-state index < -0.39 is 0 Å². The van der Waals surface area contributed by atoms with Crippen molar-refractivity contribution in [1.29, 1.82) is 0 Å². The molecule has 0 bridgehead atoms. The molecule has 1 aromatic rings. The summed E-state index contributed by atoms with van der Waals surface area (Å²) in [5.74, 6) is 0.817. The number of hydrogen-bond acceptors (Lipinski definition) is 2. The van der Waals surface area contributed by atoms with E-state index in [-0.39, 0.29) is 6.23 Å². The molecular weight excluding hydrogens is 317 g/mol. The second-order valence-electron chi connectivity index (χ2n) is 6.09. The van der Waals surface area contributed by atoms with Gasteiger partial charge in [0.25, 0.3) is 0 Å². The zero-order valence-electron chi connectivity index (χ0n) is 13.5. The predicted molar refractivity (Wildman–Crippen MR) is 95.1 cm³/mol. The van der Waals surface area contributed by atoms with Crippen molar-refractivity contribution in [1.82, 2.24) is 4.90 Å². The lowest BCUT2D eigenvalue weighted by molar-refractivity contribution is -0.00473. The molecule has 0 amide bonds. The largest absolute Gasteiger partial charge is 0.475 e. The van der Waals surface area contributed by atoms with Gasteiger partial charge in [-0.2, -0.15) is 0 Å². The number of piperidine rings is 1. The molecule has 0 saturated carbocycles. The summed E-state index contributed by atoms with van der Waals surface area (Å²) < 4.78 is 6.16. The molecule has 2 rings (SSSR count). The molecule has 124 valence electrons. The van der Waals surface area contributed by atoms with Crippen LogP contribution in [-0.4, -0.2) is 24.2 Å². The monoisotopic (exact) mass is 343 g/mol. The Morgan fingerprint density at radius 2 is 1.91 bits per heavy atom. The number of hydrogen-bond donors (Lipinski definition) is 0. The van der Waals surface area contributed by atoms with E-state index in [1.54, 1.807) is 6.07 Å². The highest BCUT2D eigenvalue weighted by atomic mass is 35.5. The summed E-state index contributed by atoms with van der Waals surface area (Å²) >= 11 is 12.0. The van der Waals surface area contributed by atoms with Gasteiger partial charge in [0.15, 0.2) is 6.23 Å². The van der Waals surface area contributed by atoms with Crippen molar-refractivity contribution in [2.24, 2.45) is 0 Å². The van der Waals surface area contributed by atoms with Gasteiger partial charge in [-0.25, -0.2) is 0 Å². The third kappa shape index (κ3) is 5.64. The van der Waals surface area contributed by atoms with E-state index in [1.807, 2.05) is 12.1 Å². The van der Waals surface area contributed by atoms with Crippen LogP contribution in [0.15, 0.2) is 18.2 Å². The standard InChI is InChI=1S/C18H27Cl2NO/c1-2-3-4-5-7-12-21-13-8-6-9-18(21)22-15-10-11-16(19)17(20)14-15/h10-11,14,18H,2-9,12-13H2,1H3. The number of nitrogens with zero attached hydrogens (tertiary/aromatic N) is 1. The van der Waals surface area contributed by atoms with Crippen molar-refractivity contribution in [3.05, 3.63) is 28.2 Å². The van der Waals surface area contributed by atoms with E-state index in [0.29, 0.717) is 10.0 Å². The molecule has 1 aromatic carbocycles. The lowest BCUT2D eigenvalue weighted by Crippen LogP contribution is -2.43. The summed E-state index contributed by atoms with van der Waals surface area (Å²) in [6, 6.07) is 5.53. The summed E-state index contributed by atoms with van der Waals surface area (Å²) in [6.07, 6.45) is 10.4. The van der Waals surface area contributed by atoms with Gasteiger partial charge in [-0.05, 0) is 37.8 Å². The molecule has 0 N–H and O–H groups in total. The van der Waals surface area contributed by atoms with Gasteiger partial charge in [0.1, 0.15) is 5.75 Å². The maximum atomic E-state index is 6.16. The van der Waals surface area contributed by atoms with Crippen molar-refractivity contribution in [3.63, 3.8) is 0 Å². The Bertz CT molecular complexity index is 453. The minimum Gasteiger partial charge on any atom is -0.475 e. The molecule has 2 nitrogen and oxygen atoms in total. The van der Waals surface area contributed by atoms with Gasteiger partial charge in [0.05, 0.1) is 10.0 Å². The first-order chi connectivity index (χ1) is 10.7. The van der Waals surface area contributed by atoms with Crippen LogP contribution in [0.2, 0.25) is 10.0 Å². The molecule has 1 fully saturated rings. The minimum absolute atomic E-state index is 0.178. The van der Waals surface area contributed by atoms with Gasteiger partial charge in [-0.3, -0.25) is 4.90 Å². The number of benzene rings is 1. The Hall–Kier alpha value is -0.440. The maximum Gasteiger partial charge on any atom is 0.152 e. The van der Waals surface area contributed by atoms with Gasteiger partial charge < -0.3 is 4.74 Å². The summed E-state index contributed by atoms with van der Waals surface area (Å²) in [5, 5.41) is 1.13. The molecule has 1 aliphatic heterocycles. The highest BCUT2D eigenvalue weighted by Gasteiger charge is 2.23.